The van der Waals surface area contributed by atoms with Crippen molar-refractivity contribution in [3.63, 3.8) is 0 Å². The van der Waals surface area contributed by atoms with Gasteiger partial charge in [0.25, 0.3) is 0 Å². The Kier molecular flexibility index (Phi) is 65.2. The molecule has 0 aromatic rings. The van der Waals surface area contributed by atoms with Crippen LogP contribution in [0.4, 0.5) is 0 Å². The highest BCUT2D eigenvalue weighted by Gasteiger charge is 2.27. The molecule has 0 aromatic carbocycles. The van der Waals surface area contributed by atoms with E-state index in [1.54, 1.807) is 0 Å². The van der Waals surface area contributed by atoms with Crippen LogP contribution in [-0.4, -0.2) is 74.9 Å². The number of esters is 2. The second-order valence-corrected chi connectivity index (χ2v) is 26.0. The number of quaternary nitrogens is 1. The molecule has 0 aliphatic heterocycles. The van der Waals surface area contributed by atoms with Crippen LogP contribution >= 0.6 is 7.82 Å². The lowest BCUT2D eigenvalue weighted by molar-refractivity contribution is -0.870. The van der Waals surface area contributed by atoms with E-state index < -0.39 is 26.5 Å². The number of ether oxygens (including phenoxy) is 2. The number of unbranched alkanes of at least 4 members (excludes halogenated alkanes) is 22. The molecule has 0 aliphatic carbocycles. The van der Waals surface area contributed by atoms with Crippen LogP contribution in [0.15, 0.2) is 170 Å². The molecule has 0 radical (unpaired) electrons. The molecule has 0 aromatic heterocycles. The highest BCUT2D eigenvalue weighted by Crippen LogP contribution is 2.43. The lowest BCUT2D eigenvalue weighted by atomic mass is 10.0. The summed E-state index contributed by atoms with van der Waals surface area (Å²) in [5.74, 6) is -0.819. The Labute approximate surface area is 553 Å². The average Bonchev–Trinajstić information content (AvgIpc) is 3.62. The molecule has 510 valence electrons. The summed E-state index contributed by atoms with van der Waals surface area (Å²) in [5, 5.41) is 0. The number of hydrogen-bond donors (Lipinski definition) is 1. The number of hydrogen-bond acceptors (Lipinski definition) is 7. The third-order valence-corrected chi connectivity index (χ3v) is 15.7. The first-order chi connectivity index (χ1) is 44.0. The van der Waals surface area contributed by atoms with Gasteiger partial charge in [-0.15, -0.1) is 0 Å². The second kappa shape index (κ2) is 68.7. The van der Waals surface area contributed by atoms with Crippen LogP contribution in [0.5, 0.6) is 0 Å². The summed E-state index contributed by atoms with van der Waals surface area (Å²) in [5.41, 5.74) is 0. The summed E-state index contributed by atoms with van der Waals surface area (Å²) in [4.78, 5) is 35.9. The van der Waals surface area contributed by atoms with Crippen molar-refractivity contribution >= 4 is 19.8 Å². The van der Waals surface area contributed by atoms with Gasteiger partial charge < -0.3 is 18.9 Å². The second-order valence-electron chi connectivity index (χ2n) is 24.5. The van der Waals surface area contributed by atoms with E-state index in [0.29, 0.717) is 23.9 Å². The first-order valence-electron chi connectivity index (χ1n) is 35.9. The summed E-state index contributed by atoms with van der Waals surface area (Å²) >= 11 is 0. The van der Waals surface area contributed by atoms with Crippen LogP contribution in [0.2, 0.25) is 0 Å². The van der Waals surface area contributed by atoms with E-state index in [9.17, 15) is 19.0 Å². The van der Waals surface area contributed by atoms with Gasteiger partial charge in [0.2, 0.25) is 0 Å². The lowest BCUT2D eigenvalue weighted by Crippen LogP contribution is -2.37. The number of phosphoric acid groups is 1. The molecule has 90 heavy (non-hydrogen) atoms. The van der Waals surface area contributed by atoms with Crippen molar-refractivity contribution in [3.05, 3.63) is 170 Å². The molecule has 2 unspecified atom stereocenters. The Bertz CT molecular complexity index is 2130. The van der Waals surface area contributed by atoms with Crippen molar-refractivity contribution in [2.75, 3.05) is 47.5 Å². The van der Waals surface area contributed by atoms with Gasteiger partial charge in [-0.1, -0.05) is 300 Å². The normalized spacial score (nSPS) is 14.2. The minimum Gasteiger partial charge on any atom is -0.462 e. The van der Waals surface area contributed by atoms with Crippen molar-refractivity contribution in [1.82, 2.24) is 0 Å². The molecule has 10 heteroatoms. The summed E-state index contributed by atoms with van der Waals surface area (Å²) in [6.45, 7) is 4.18. The molecule has 0 fully saturated rings. The average molecular weight is 1270 g/mol. The summed E-state index contributed by atoms with van der Waals surface area (Å²) in [6.07, 6.45) is 105. The van der Waals surface area contributed by atoms with Gasteiger partial charge in [-0.05, 0) is 128 Å². The van der Waals surface area contributed by atoms with Gasteiger partial charge in [0.05, 0.1) is 27.7 Å². The zero-order valence-corrected chi connectivity index (χ0v) is 58.9. The van der Waals surface area contributed by atoms with Crippen LogP contribution < -0.4 is 0 Å². The number of nitrogens with zero attached hydrogens (tertiary/aromatic N) is 1. The van der Waals surface area contributed by atoms with Crippen LogP contribution in [0.1, 0.15) is 271 Å². The van der Waals surface area contributed by atoms with E-state index in [-0.39, 0.29) is 32.0 Å². The zero-order chi connectivity index (χ0) is 65.5. The van der Waals surface area contributed by atoms with Crippen molar-refractivity contribution in [3.8, 4) is 0 Å². The molecule has 1 N–H and O–H groups in total. The molecule has 0 bridgehead atoms. The molecular formula is C80H133NO8P+. The molecule has 0 heterocycles. The fourth-order valence-electron chi connectivity index (χ4n) is 9.33. The molecule has 0 spiro atoms. The van der Waals surface area contributed by atoms with Gasteiger partial charge in [0, 0.05) is 12.8 Å². The Morgan fingerprint density at radius 2 is 0.600 bits per heavy atom. The minimum atomic E-state index is -4.41. The number of rotatable bonds is 64. The van der Waals surface area contributed by atoms with Crippen LogP contribution in [0, 0.1) is 0 Å². The van der Waals surface area contributed by atoms with Crippen LogP contribution in [0.25, 0.3) is 0 Å². The molecule has 0 saturated heterocycles. The molecule has 0 saturated carbocycles. The maximum absolute atomic E-state index is 12.9. The fraction of sp³-hybridized carbons (Fsp3) is 0.625. The standard InChI is InChI=1S/C80H132NO8P/c1-6-8-10-12-14-16-18-20-22-24-26-28-30-32-33-34-35-36-37-38-39-40-41-42-43-44-45-46-47-49-51-53-55-57-59-61-63-65-67-69-71-73-80(83)89-78(77-88-90(84,85)87-75-74-81(3,4)5)76-86-79(82)72-70-68-66-64-62-60-58-56-54-52-50-48-31-29-27-25-23-21-19-17-15-13-11-9-7-2/h8-11,14-17,20-23,26-29,32-33,35-36,38-39,41-42,48,50,54,56,78H,6-7,12-13,18-19,24-25,30-31,34,37,40,43-47,49,51-53,55,57-77H2,1-5H3/p+1/b10-8-,11-9-,16-14-,17-15-,22-20-,23-21-,28-26-,29-27-,33-32-,36-35-,39-38-,42-41-,50-48-,56-54-. The topological polar surface area (TPSA) is 108 Å². The Balaban J connectivity index is 4.07. The first-order valence-corrected chi connectivity index (χ1v) is 37.4. The molecule has 0 amide bonds. The molecular weight excluding hydrogens is 1130 g/mol. The minimum absolute atomic E-state index is 0.0216. The van der Waals surface area contributed by atoms with E-state index in [4.69, 9.17) is 18.5 Å². The number of carbonyl (C=O) groups excluding carboxylic acids is 2. The fourth-order valence-corrected chi connectivity index (χ4v) is 10.1. The largest absolute Gasteiger partial charge is 0.472 e. The zero-order valence-electron chi connectivity index (χ0n) is 58.1. The molecule has 0 aliphatic rings. The highest BCUT2D eigenvalue weighted by molar-refractivity contribution is 7.47. The SMILES string of the molecule is CC/C=C\C/C=C\C/C=C\C/C=C\C/C=C\C/C=C\C/C=C\C/C=C\CCCCCCCCCCCCCCCCCCC(=O)OC(COC(=O)CCCCCCCC/C=C\C/C=C\C/C=C\C/C=C\C/C=C\C/C=C\CC)COP(=O)(O)OCC[N+](C)(C)C. The predicted molar refractivity (Wildman–Crippen MR) is 389 cm³/mol. The van der Waals surface area contributed by atoms with Crippen molar-refractivity contribution in [2.45, 2.75) is 277 Å². The highest BCUT2D eigenvalue weighted by atomic mass is 31.2. The van der Waals surface area contributed by atoms with Gasteiger partial charge in [-0.2, -0.15) is 0 Å². The van der Waals surface area contributed by atoms with Gasteiger partial charge in [0.15, 0.2) is 6.10 Å². The number of allylic oxidation sites excluding steroid dienone is 28. The van der Waals surface area contributed by atoms with Crippen LogP contribution in [-0.2, 0) is 32.7 Å². The summed E-state index contributed by atoms with van der Waals surface area (Å²) in [6, 6.07) is 0. The lowest BCUT2D eigenvalue weighted by Gasteiger charge is -2.24. The van der Waals surface area contributed by atoms with Gasteiger partial charge in [-0.25, -0.2) is 4.57 Å². The Morgan fingerprint density at radius 3 is 0.889 bits per heavy atom. The molecule has 2 atom stereocenters. The van der Waals surface area contributed by atoms with E-state index >= 15 is 0 Å². The first kappa shape index (κ1) is 85.4. The van der Waals surface area contributed by atoms with Crippen LogP contribution in [0.3, 0.4) is 0 Å². The maximum atomic E-state index is 12.9. The van der Waals surface area contributed by atoms with Crippen molar-refractivity contribution in [2.24, 2.45) is 0 Å². The maximum Gasteiger partial charge on any atom is 0.472 e. The number of phosphoric ester groups is 1. The number of likely N-dealkylation sites (N-methyl/N-ethyl adjacent to an activating group) is 1. The monoisotopic (exact) mass is 1270 g/mol. The predicted octanol–water partition coefficient (Wildman–Crippen LogP) is 23.7. The van der Waals surface area contributed by atoms with Gasteiger partial charge >= 0.3 is 19.8 Å². The van der Waals surface area contributed by atoms with Crippen molar-refractivity contribution in [1.29, 1.82) is 0 Å². The van der Waals surface area contributed by atoms with Gasteiger partial charge in [-0.3, -0.25) is 18.6 Å². The third kappa shape index (κ3) is 72.4. The summed E-state index contributed by atoms with van der Waals surface area (Å²) < 4.78 is 34.7. The molecule has 9 nitrogen and oxygen atoms in total. The Hall–Kier alpha value is -4.63. The van der Waals surface area contributed by atoms with E-state index in [1.165, 1.54) is 83.5 Å². The third-order valence-electron chi connectivity index (χ3n) is 14.7. The van der Waals surface area contributed by atoms with Crippen molar-refractivity contribution < 1.29 is 42.1 Å². The van der Waals surface area contributed by atoms with Gasteiger partial charge in [0.1, 0.15) is 19.8 Å². The quantitative estimate of drug-likeness (QED) is 0.0211. The molecule has 0 rings (SSSR count). The Morgan fingerprint density at radius 1 is 0.344 bits per heavy atom. The van der Waals surface area contributed by atoms with E-state index in [1.807, 2.05) is 21.1 Å². The number of carbonyl (C=O) groups is 2. The van der Waals surface area contributed by atoms with E-state index in [0.717, 1.165) is 148 Å². The van der Waals surface area contributed by atoms with E-state index in [2.05, 4.69) is 184 Å². The summed E-state index contributed by atoms with van der Waals surface area (Å²) in [7, 11) is 1.45. The smallest absolute Gasteiger partial charge is 0.462 e.